The summed E-state index contributed by atoms with van der Waals surface area (Å²) in [5.41, 5.74) is 1.11. The number of aliphatic imine (C=N–C) groups is 1. The number of rotatable bonds is 8. The molecule has 4 heteroatoms. The van der Waals surface area contributed by atoms with Crippen molar-refractivity contribution in [2.45, 2.75) is 64.5 Å². The fourth-order valence-corrected chi connectivity index (χ4v) is 2.38. The first kappa shape index (κ1) is 17.6. The van der Waals surface area contributed by atoms with Crippen LogP contribution in [-0.2, 0) is 9.53 Å². The summed E-state index contributed by atoms with van der Waals surface area (Å²) < 4.78 is 5.51. The van der Waals surface area contributed by atoms with Gasteiger partial charge in [-0.05, 0) is 58.1 Å². The molecule has 2 atom stereocenters. The van der Waals surface area contributed by atoms with Crippen molar-refractivity contribution in [3.63, 3.8) is 0 Å². The molecule has 0 saturated carbocycles. The monoisotopic (exact) mass is 292 g/mol. The average Bonchev–Trinajstić information content (AvgIpc) is 2.51. The zero-order valence-electron chi connectivity index (χ0n) is 13.3. The quantitative estimate of drug-likeness (QED) is 0.424. The van der Waals surface area contributed by atoms with E-state index in [2.05, 4.69) is 16.9 Å². The lowest BCUT2D eigenvalue weighted by Gasteiger charge is -2.23. The van der Waals surface area contributed by atoms with Crippen LogP contribution in [-0.4, -0.2) is 30.9 Å². The van der Waals surface area contributed by atoms with E-state index >= 15 is 0 Å². The van der Waals surface area contributed by atoms with Crippen LogP contribution in [0.1, 0.15) is 52.4 Å². The van der Waals surface area contributed by atoms with Gasteiger partial charge in [0.2, 0.25) is 0 Å². The molecule has 4 nitrogen and oxygen atoms in total. The van der Waals surface area contributed by atoms with Crippen LogP contribution < -0.4 is 5.32 Å². The maximum atomic E-state index is 12.0. The van der Waals surface area contributed by atoms with E-state index in [1.807, 2.05) is 26.1 Å². The summed E-state index contributed by atoms with van der Waals surface area (Å²) in [6, 6.07) is -0.108. The molecule has 118 valence electrons. The van der Waals surface area contributed by atoms with Gasteiger partial charge in [0, 0.05) is 12.4 Å². The molecule has 1 N–H and O–H groups in total. The predicted octanol–water partition coefficient (Wildman–Crippen LogP) is 3.39. The fourth-order valence-electron chi connectivity index (χ4n) is 2.38. The number of hydrogen-bond acceptors (Lipinski definition) is 4. The average molecular weight is 292 g/mol. The highest BCUT2D eigenvalue weighted by Gasteiger charge is 2.23. The van der Waals surface area contributed by atoms with Crippen LogP contribution in [0.25, 0.3) is 0 Å². The predicted molar refractivity (Wildman–Crippen MR) is 87.5 cm³/mol. The van der Waals surface area contributed by atoms with E-state index in [0.717, 1.165) is 50.6 Å². The molecule has 1 aliphatic heterocycles. The number of carbonyl (C=O) groups is 1. The lowest BCUT2D eigenvalue weighted by Crippen LogP contribution is -2.42. The standard InChI is InChI=1S/C17H28N2O2/c1-4-15(13-18-5-2)10-8-9-14(3)21-17(20)16-11-6-7-12-19-16/h4-5,13-14,16,19H,1,6-12H2,2-3H3/b15-13+,18-5?/t14-,16-/m0/s1. The number of esters is 1. The van der Waals surface area contributed by atoms with Crippen molar-refractivity contribution in [2.75, 3.05) is 6.54 Å². The highest BCUT2D eigenvalue weighted by molar-refractivity contribution is 5.76. The molecule has 0 spiro atoms. The third kappa shape index (κ3) is 7.23. The first-order valence-electron chi connectivity index (χ1n) is 7.90. The fraction of sp³-hybridized carbons (Fsp3) is 0.647. The number of nitrogens with one attached hydrogen (secondary N) is 1. The van der Waals surface area contributed by atoms with Crippen molar-refractivity contribution in [3.05, 3.63) is 24.4 Å². The van der Waals surface area contributed by atoms with Gasteiger partial charge in [-0.25, -0.2) is 0 Å². The van der Waals surface area contributed by atoms with Gasteiger partial charge in [0.15, 0.2) is 0 Å². The van der Waals surface area contributed by atoms with E-state index in [-0.39, 0.29) is 18.1 Å². The Kier molecular flexibility index (Phi) is 8.67. The Hall–Kier alpha value is -1.42. The van der Waals surface area contributed by atoms with Crippen LogP contribution in [0.4, 0.5) is 0 Å². The zero-order valence-corrected chi connectivity index (χ0v) is 13.3. The Balaban J connectivity index is 2.25. The minimum absolute atomic E-state index is 0.0398. The van der Waals surface area contributed by atoms with Crippen molar-refractivity contribution in [3.8, 4) is 0 Å². The Morgan fingerprint density at radius 2 is 2.33 bits per heavy atom. The molecule has 0 aromatic rings. The van der Waals surface area contributed by atoms with Gasteiger partial charge in [0.25, 0.3) is 0 Å². The van der Waals surface area contributed by atoms with E-state index in [1.165, 1.54) is 0 Å². The summed E-state index contributed by atoms with van der Waals surface area (Å²) in [6.45, 7) is 8.55. The molecule has 0 bridgehead atoms. The third-order valence-electron chi connectivity index (χ3n) is 3.64. The molecule has 0 aliphatic carbocycles. The van der Waals surface area contributed by atoms with Crippen LogP contribution in [0.5, 0.6) is 0 Å². The van der Waals surface area contributed by atoms with Crippen LogP contribution in [0.3, 0.4) is 0 Å². The van der Waals surface area contributed by atoms with Gasteiger partial charge < -0.3 is 10.1 Å². The van der Waals surface area contributed by atoms with Gasteiger partial charge in [-0.3, -0.25) is 9.79 Å². The summed E-state index contributed by atoms with van der Waals surface area (Å²) in [7, 11) is 0. The lowest BCUT2D eigenvalue weighted by atomic mass is 10.0. The van der Waals surface area contributed by atoms with Gasteiger partial charge >= 0.3 is 5.97 Å². The summed E-state index contributed by atoms with van der Waals surface area (Å²) in [6.07, 6.45) is 11.2. The van der Waals surface area contributed by atoms with Gasteiger partial charge in [0.1, 0.15) is 6.04 Å². The summed E-state index contributed by atoms with van der Waals surface area (Å²) in [4.78, 5) is 16.1. The van der Waals surface area contributed by atoms with Crippen LogP contribution in [0.2, 0.25) is 0 Å². The van der Waals surface area contributed by atoms with Crippen LogP contribution in [0.15, 0.2) is 29.4 Å². The third-order valence-corrected chi connectivity index (χ3v) is 3.64. The number of allylic oxidation sites excluding steroid dienone is 2. The molecule has 0 aromatic heterocycles. The molecular formula is C17H28N2O2. The maximum Gasteiger partial charge on any atom is 0.323 e. The number of nitrogens with zero attached hydrogens (tertiary/aromatic N) is 1. The Bertz CT molecular complexity index is 382. The molecular weight excluding hydrogens is 264 g/mol. The first-order chi connectivity index (χ1) is 10.2. The van der Waals surface area contributed by atoms with E-state index in [4.69, 9.17) is 4.74 Å². The Morgan fingerprint density at radius 1 is 1.52 bits per heavy atom. The minimum Gasteiger partial charge on any atom is -0.462 e. The second-order valence-corrected chi connectivity index (χ2v) is 5.46. The highest BCUT2D eigenvalue weighted by atomic mass is 16.5. The van der Waals surface area contributed by atoms with E-state index in [9.17, 15) is 4.79 Å². The highest BCUT2D eigenvalue weighted by Crippen LogP contribution is 2.14. The van der Waals surface area contributed by atoms with Crippen molar-refractivity contribution >= 4 is 12.2 Å². The molecule has 0 radical (unpaired) electrons. The first-order valence-corrected chi connectivity index (χ1v) is 7.90. The minimum atomic E-state index is -0.108. The maximum absolute atomic E-state index is 12.0. The number of carbonyl (C=O) groups excluding carboxylic acids is 1. The molecule has 1 heterocycles. The summed E-state index contributed by atoms with van der Waals surface area (Å²) >= 11 is 0. The van der Waals surface area contributed by atoms with Gasteiger partial charge in [-0.2, -0.15) is 0 Å². The number of hydrogen-bond donors (Lipinski definition) is 1. The summed E-state index contributed by atoms with van der Waals surface area (Å²) in [5, 5.41) is 3.22. The topological polar surface area (TPSA) is 50.7 Å². The van der Waals surface area contributed by atoms with Gasteiger partial charge in [-0.1, -0.05) is 19.1 Å². The molecule has 1 saturated heterocycles. The second kappa shape index (κ2) is 10.3. The van der Waals surface area contributed by atoms with E-state index in [1.54, 1.807) is 6.21 Å². The smallest absolute Gasteiger partial charge is 0.323 e. The zero-order chi connectivity index (χ0) is 15.5. The molecule has 1 fully saturated rings. The molecule has 0 aromatic carbocycles. The Morgan fingerprint density at radius 3 is 2.95 bits per heavy atom. The lowest BCUT2D eigenvalue weighted by molar-refractivity contribution is -0.151. The normalized spacial score (nSPS) is 21.2. The molecule has 1 rings (SSSR count). The molecule has 1 aliphatic rings. The van der Waals surface area contributed by atoms with E-state index in [0.29, 0.717) is 0 Å². The largest absolute Gasteiger partial charge is 0.462 e. The van der Waals surface area contributed by atoms with Crippen LogP contribution >= 0.6 is 0 Å². The van der Waals surface area contributed by atoms with Crippen molar-refractivity contribution in [1.29, 1.82) is 0 Å². The van der Waals surface area contributed by atoms with Crippen molar-refractivity contribution < 1.29 is 9.53 Å². The van der Waals surface area contributed by atoms with E-state index < -0.39 is 0 Å². The van der Waals surface area contributed by atoms with Gasteiger partial charge in [-0.15, -0.1) is 0 Å². The number of piperidine rings is 1. The van der Waals surface area contributed by atoms with Crippen molar-refractivity contribution in [1.82, 2.24) is 5.32 Å². The molecule has 0 unspecified atom stereocenters. The summed E-state index contributed by atoms with van der Waals surface area (Å²) in [5.74, 6) is -0.0998. The van der Waals surface area contributed by atoms with Crippen LogP contribution in [0, 0.1) is 0 Å². The number of ether oxygens (including phenoxy) is 1. The molecule has 0 amide bonds. The Labute approximate surface area is 128 Å². The SMILES string of the molecule is C=C/C(=C\N=CC)CCC[C@H](C)OC(=O)[C@@H]1CCCCN1. The second-order valence-electron chi connectivity index (χ2n) is 5.46. The van der Waals surface area contributed by atoms with Gasteiger partial charge in [0.05, 0.1) is 6.10 Å². The van der Waals surface area contributed by atoms with Crippen molar-refractivity contribution in [2.24, 2.45) is 4.99 Å². The molecule has 21 heavy (non-hydrogen) atoms.